The molecule has 1 saturated carbocycles. The van der Waals surface area contributed by atoms with Crippen molar-refractivity contribution < 1.29 is 8.78 Å². The van der Waals surface area contributed by atoms with Gasteiger partial charge in [-0.2, -0.15) is 0 Å². The van der Waals surface area contributed by atoms with Crippen molar-refractivity contribution in [2.75, 3.05) is 11.9 Å². The molecule has 0 amide bonds. The predicted molar refractivity (Wildman–Crippen MR) is 52.1 cm³/mol. The smallest absolute Gasteiger partial charge is 0.160 e. The molecule has 0 bridgehead atoms. The molecule has 1 aliphatic rings. The van der Waals surface area contributed by atoms with Crippen molar-refractivity contribution in [3.8, 4) is 0 Å². The van der Waals surface area contributed by atoms with E-state index in [9.17, 15) is 8.78 Å². The second-order valence-electron chi connectivity index (χ2n) is 3.98. The number of halogens is 2. The largest absolute Gasteiger partial charge is 0.385 e. The average Bonchev–Trinajstić information content (AvgIpc) is 2.85. The van der Waals surface area contributed by atoms with Crippen LogP contribution in [-0.2, 0) is 0 Å². The third-order valence-electron chi connectivity index (χ3n) is 2.76. The fourth-order valence-electron chi connectivity index (χ4n) is 1.54. The van der Waals surface area contributed by atoms with Gasteiger partial charge in [0.1, 0.15) is 0 Å². The summed E-state index contributed by atoms with van der Waals surface area (Å²) in [5.41, 5.74) is 0.656. The van der Waals surface area contributed by atoms with Gasteiger partial charge in [0, 0.05) is 12.2 Å². The highest BCUT2D eigenvalue weighted by atomic mass is 19.2. The van der Waals surface area contributed by atoms with Crippen molar-refractivity contribution in [3.05, 3.63) is 29.8 Å². The molecule has 2 unspecified atom stereocenters. The number of rotatable bonds is 3. The Bertz CT molecular complexity index is 338. The topological polar surface area (TPSA) is 12.0 Å². The predicted octanol–water partition coefficient (Wildman–Crippen LogP) is 3.03. The lowest BCUT2D eigenvalue weighted by Gasteiger charge is -2.05. The minimum atomic E-state index is -0.796. The first-order valence-corrected chi connectivity index (χ1v) is 4.85. The van der Waals surface area contributed by atoms with Gasteiger partial charge < -0.3 is 5.32 Å². The van der Waals surface area contributed by atoms with Crippen molar-refractivity contribution in [2.45, 2.75) is 13.3 Å². The summed E-state index contributed by atoms with van der Waals surface area (Å²) in [7, 11) is 0. The molecule has 0 aromatic heterocycles. The second-order valence-corrected chi connectivity index (χ2v) is 3.98. The van der Waals surface area contributed by atoms with Crippen LogP contribution >= 0.6 is 0 Å². The third kappa shape index (κ3) is 2.03. The Balaban J connectivity index is 1.92. The third-order valence-corrected chi connectivity index (χ3v) is 2.76. The summed E-state index contributed by atoms with van der Waals surface area (Å²) in [5.74, 6) is -0.120. The Labute approximate surface area is 82.1 Å². The number of anilines is 1. The summed E-state index contributed by atoms with van der Waals surface area (Å²) in [6, 6.07) is 3.90. The SMILES string of the molecule is CC1CC1CNc1ccc(F)c(F)c1. The first kappa shape index (κ1) is 9.44. The molecule has 1 N–H and O–H groups in total. The van der Waals surface area contributed by atoms with E-state index < -0.39 is 11.6 Å². The number of nitrogens with one attached hydrogen (secondary N) is 1. The molecule has 0 heterocycles. The molecule has 1 aromatic carbocycles. The normalized spacial score (nSPS) is 24.8. The van der Waals surface area contributed by atoms with Crippen LogP contribution in [0.2, 0.25) is 0 Å². The zero-order valence-corrected chi connectivity index (χ0v) is 8.06. The molecule has 0 spiro atoms. The Kier molecular flexibility index (Phi) is 2.40. The van der Waals surface area contributed by atoms with Gasteiger partial charge in [-0.15, -0.1) is 0 Å². The maximum absolute atomic E-state index is 12.8. The maximum atomic E-state index is 12.8. The van der Waals surface area contributed by atoms with E-state index in [2.05, 4.69) is 12.2 Å². The summed E-state index contributed by atoms with van der Waals surface area (Å²) in [4.78, 5) is 0. The highest BCUT2D eigenvalue weighted by Crippen LogP contribution is 2.37. The molecule has 1 aromatic rings. The molecular formula is C11H13F2N. The van der Waals surface area contributed by atoms with Crippen LogP contribution < -0.4 is 5.32 Å². The van der Waals surface area contributed by atoms with Gasteiger partial charge in [-0.1, -0.05) is 6.92 Å². The average molecular weight is 197 g/mol. The van der Waals surface area contributed by atoms with Crippen molar-refractivity contribution >= 4 is 5.69 Å². The van der Waals surface area contributed by atoms with Crippen LogP contribution in [0.5, 0.6) is 0 Å². The number of benzene rings is 1. The Morgan fingerprint density at radius 3 is 2.64 bits per heavy atom. The van der Waals surface area contributed by atoms with E-state index in [0.717, 1.165) is 18.5 Å². The van der Waals surface area contributed by atoms with Gasteiger partial charge in [-0.3, -0.25) is 0 Å². The van der Waals surface area contributed by atoms with Crippen molar-refractivity contribution in [1.82, 2.24) is 0 Å². The Morgan fingerprint density at radius 2 is 2.07 bits per heavy atom. The zero-order chi connectivity index (χ0) is 10.1. The van der Waals surface area contributed by atoms with Crippen molar-refractivity contribution in [3.63, 3.8) is 0 Å². The lowest BCUT2D eigenvalue weighted by molar-refractivity contribution is 0.509. The van der Waals surface area contributed by atoms with Crippen LogP contribution in [0.1, 0.15) is 13.3 Å². The summed E-state index contributed by atoms with van der Waals surface area (Å²) in [6.45, 7) is 3.05. The molecule has 2 atom stereocenters. The Hall–Kier alpha value is -1.12. The van der Waals surface area contributed by atoms with Gasteiger partial charge in [0.25, 0.3) is 0 Å². The second kappa shape index (κ2) is 3.56. The van der Waals surface area contributed by atoms with Crippen LogP contribution in [0.4, 0.5) is 14.5 Å². The highest BCUT2D eigenvalue weighted by molar-refractivity contribution is 5.43. The van der Waals surface area contributed by atoms with E-state index in [1.54, 1.807) is 6.07 Å². The molecule has 76 valence electrons. The summed E-state index contributed by atoms with van der Waals surface area (Å²) in [5, 5.41) is 3.10. The van der Waals surface area contributed by atoms with Gasteiger partial charge in [0.05, 0.1) is 0 Å². The van der Waals surface area contributed by atoms with Crippen LogP contribution in [-0.4, -0.2) is 6.54 Å². The minimum absolute atomic E-state index is 0.656. The van der Waals surface area contributed by atoms with E-state index in [0.29, 0.717) is 11.6 Å². The van der Waals surface area contributed by atoms with E-state index in [-0.39, 0.29) is 0 Å². The van der Waals surface area contributed by atoms with Crippen LogP contribution in [0.15, 0.2) is 18.2 Å². The molecule has 14 heavy (non-hydrogen) atoms. The van der Waals surface area contributed by atoms with E-state index in [1.807, 2.05) is 0 Å². The maximum Gasteiger partial charge on any atom is 0.160 e. The quantitative estimate of drug-likeness (QED) is 0.785. The van der Waals surface area contributed by atoms with Crippen LogP contribution in [0.3, 0.4) is 0 Å². The van der Waals surface area contributed by atoms with Crippen molar-refractivity contribution in [1.29, 1.82) is 0 Å². The summed E-state index contributed by atoms with van der Waals surface area (Å²) in [6.07, 6.45) is 1.23. The van der Waals surface area contributed by atoms with Crippen LogP contribution in [0, 0.1) is 23.5 Å². The molecule has 1 aliphatic carbocycles. The van der Waals surface area contributed by atoms with E-state index >= 15 is 0 Å². The first-order chi connectivity index (χ1) is 6.66. The molecule has 0 saturated heterocycles. The highest BCUT2D eigenvalue weighted by Gasteiger charge is 2.31. The number of hydrogen-bond donors (Lipinski definition) is 1. The molecule has 1 fully saturated rings. The summed E-state index contributed by atoms with van der Waals surface area (Å²) < 4.78 is 25.4. The fraction of sp³-hybridized carbons (Fsp3) is 0.455. The number of hydrogen-bond acceptors (Lipinski definition) is 1. The molecule has 0 aliphatic heterocycles. The van der Waals surface area contributed by atoms with Gasteiger partial charge in [-0.25, -0.2) is 8.78 Å². The lowest BCUT2D eigenvalue weighted by Crippen LogP contribution is -2.04. The van der Waals surface area contributed by atoms with Crippen LogP contribution in [0.25, 0.3) is 0 Å². The Morgan fingerprint density at radius 1 is 1.36 bits per heavy atom. The monoisotopic (exact) mass is 197 g/mol. The standard InChI is InChI=1S/C11H13F2N/c1-7-4-8(7)6-14-9-2-3-10(12)11(13)5-9/h2-3,5,7-8,14H,4,6H2,1H3. The zero-order valence-electron chi connectivity index (χ0n) is 8.06. The fourth-order valence-corrected chi connectivity index (χ4v) is 1.54. The molecular weight excluding hydrogens is 184 g/mol. The van der Waals surface area contributed by atoms with E-state index in [4.69, 9.17) is 0 Å². The lowest BCUT2D eigenvalue weighted by atomic mass is 10.2. The molecule has 2 rings (SSSR count). The molecule has 3 heteroatoms. The van der Waals surface area contributed by atoms with E-state index in [1.165, 1.54) is 12.5 Å². The van der Waals surface area contributed by atoms with Gasteiger partial charge >= 0.3 is 0 Å². The minimum Gasteiger partial charge on any atom is -0.385 e. The first-order valence-electron chi connectivity index (χ1n) is 4.85. The summed E-state index contributed by atoms with van der Waals surface area (Å²) >= 11 is 0. The van der Waals surface area contributed by atoms with Crippen molar-refractivity contribution in [2.24, 2.45) is 11.8 Å². The van der Waals surface area contributed by atoms with Gasteiger partial charge in [0.15, 0.2) is 11.6 Å². The van der Waals surface area contributed by atoms with Gasteiger partial charge in [-0.05, 0) is 36.5 Å². The van der Waals surface area contributed by atoms with Gasteiger partial charge in [0.2, 0.25) is 0 Å². The molecule has 1 nitrogen and oxygen atoms in total. The molecule has 0 radical (unpaired) electrons.